The van der Waals surface area contributed by atoms with E-state index >= 15 is 0 Å². The van der Waals surface area contributed by atoms with E-state index in [0.29, 0.717) is 36.2 Å². The molecule has 0 radical (unpaired) electrons. The largest absolute Gasteiger partial charge is 0.494 e. The predicted molar refractivity (Wildman–Crippen MR) is 199 cm³/mol. The van der Waals surface area contributed by atoms with E-state index in [1.807, 2.05) is 24.1 Å². The molecule has 3 amide bonds. The number of aryl methyl sites for hydroxylation is 1. The molecule has 2 aliphatic heterocycles. The molecule has 2 saturated heterocycles. The van der Waals surface area contributed by atoms with Gasteiger partial charge in [-0.1, -0.05) is 43.7 Å². The molecule has 3 fully saturated rings. The number of methoxy groups -OCH3 is 1. The number of benzene rings is 3. The molecule has 3 aliphatic rings. The van der Waals surface area contributed by atoms with Crippen LogP contribution in [-0.4, -0.2) is 69.1 Å². The molecule has 8 rings (SSSR count). The molecule has 0 unspecified atom stereocenters. The molecule has 4 heterocycles. The zero-order valence-corrected chi connectivity index (χ0v) is 29.8. The number of anilines is 1. The Bertz CT molecular complexity index is 2110. The zero-order valence-electron chi connectivity index (χ0n) is 29.8. The highest BCUT2D eigenvalue weighted by molar-refractivity contribution is 6.00. The predicted octanol–water partition coefficient (Wildman–Crippen LogP) is 8.43. The van der Waals surface area contributed by atoms with E-state index in [4.69, 9.17) is 9.72 Å². The molecular formula is C41H47FN6O3. The summed E-state index contributed by atoms with van der Waals surface area (Å²) in [5.41, 5.74) is 6.04. The molecule has 51 heavy (non-hydrogen) atoms. The van der Waals surface area contributed by atoms with Crippen molar-refractivity contribution in [2.24, 2.45) is 18.9 Å². The average Bonchev–Trinajstić information content (AvgIpc) is 3.83. The van der Waals surface area contributed by atoms with Gasteiger partial charge in [0.25, 0.3) is 5.91 Å². The summed E-state index contributed by atoms with van der Waals surface area (Å²) >= 11 is 0. The monoisotopic (exact) mass is 690 g/mol. The first-order chi connectivity index (χ1) is 24.8. The van der Waals surface area contributed by atoms with Crippen molar-refractivity contribution >= 4 is 39.6 Å². The number of rotatable bonds is 8. The van der Waals surface area contributed by atoms with Gasteiger partial charge in [0, 0.05) is 50.7 Å². The average molecular weight is 691 g/mol. The first-order valence-electron chi connectivity index (χ1n) is 18.6. The molecule has 3 aromatic carbocycles. The van der Waals surface area contributed by atoms with Gasteiger partial charge in [0.05, 0.1) is 29.5 Å². The van der Waals surface area contributed by atoms with E-state index in [-0.39, 0.29) is 23.5 Å². The number of halogens is 1. The third-order valence-electron chi connectivity index (χ3n) is 11.4. The molecule has 0 spiro atoms. The topological polar surface area (TPSA) is 84.6 Å². The highest BCUT2D eigenvalue weighted by Gasteiger charge is 2.31. The fourth-order valence-corrected chi connectivity index (χ4v) is 8.35. The number of nitrogens with one attached hydrogen (secondary N) is 1. The van der Waals surface area contributed by atoms with Crippen LogP contribution in [0.1, 0.15) is 73.7 Å². The van der Waals surface area contributed by atoms with Crippen molar-refractivity contribution in [3.63, 3.8) is 0 Å². The Morgan fingerprint density at radius 1 is 0.922 bits per heavy atom. The van der Waals surface area contributed by atoms with E-state index in [1.54, 1.807) is 30.2 Å². The number of hydrogen-bond donors (Lipinski definition) is 1. The van der Waals surface area contributed by atoms with Crippen molar-refractivity contribution < 1.29 is 18.7 Å². The Hall–Kier alpha value is -4.86. The summed E-state index contributed by atoms with van der Waals surface area (Å²) in [6.45, 7) is 5.89. The minimum atomic E-state index is -0.435. The maximum Gasteiger partial charge on any atom is 0.321 e. The Morgan fingerprint density at radius 3 is 2.47 bits per heavy atom. The SMILES string of the molecule is CC[C@@H]1CCCN(C(=O)c2cc(OC)c3c(c2)nc(-c2cc4cccc(C5CCN(C(=O)Nc6ccccc6F)CC5)c4n2CC2CC2)n3C)C1. The molecule has 1 aliphatic carbocycles. The molecule has 2 aromatic heterocycles. The van der Waals surface area contributed by atoms with Gasteiger partial charge < -0.3 is 29.0 Å². The first-order valence-corrected chi connectivity index (χ1v) is 18.6. The summed E-state index contributed by atoms with van der Waals surface area (Å²) < 4.78 is 24.7. The van der Waals surface area contributed by atoms with Crippen molar-refractivity contribution in [2.75, 3.05) is 38.6 Å². The normalized spacial score (nSPS) is 18.5. The van der Waals surface area contributed by atoms with Gasteiger partial charge in [0.15, 0.2) is 5.82 Å². The van der Waals surface area contributed by atoms with Gasteiger partial charge in [-0.05, 0) is 92.2 Å². The van der Waals surface area contributed by atoms with Gasteiger partial charge in [0.2, 0.25) is 0 Å². The second kappa shape index (κ2) is 13.7. The number of ether oxygens (including phenoxy) is 1. The second-order valence-corrected chi connectivity index (χ2v) is 14.7. The molecule has 1 saturated carbocycles. The molecule has 1 atom stereocenters. The number of carbonyl (C=O) groups excluding carboxylic acids is 2. The summed E-state index contributed by atoms with van der Waals surface area (Å²) in [5.74, 6) is 2.56. The van der Waals surface area contributed by atoms with Gasteiger partial charge >= 0.3 is 6.03 Å². The van der Waals surface area contributed by atoms with E-state index in [1.165, 1.54) is 41.8 Å². The Balaban J connectivity index is 1.12. The van der Waals surface area contributed by atoms with Gasteiger partial charge in [-0.2, -0.15) is 0 Å². The number of fused-ring (bicyclic) bond motifs is 2. The lowest BCUT2D eigenvalue weighted by molar-refractivity contribution is 0.0671. The fourth-order valence-electron chi connectivity index (χ4n) is 8.35. The van der Waals surface area contributed by atoms with Crippen LogP contribution in [0, 0.1) is 17.7 Å². The van der Waals surface area contributed by atoms with Crippen LogP contribution in [0.5, 0.6) is 5.75 Å². The second-order valence-electron chi connectivity index (χ2n) is 14.7. The quantitative estimate of drug-likeness (QED) is 0.177. The zero-order chi connectivity index (χ0) is 35.2. The van der Waals surface area contributed by atoms with Gasteiger partial charge in [-0.15, -0.1) is 0 Å². The van der Waals surface area contributed by atoms with Crippen LogP contribution >= 0.6 is 0 Å². The van der Waals surface area contributed by atoms with Crippen LogP contribution in [-0.2, 0) is 13.6 Å². The number of para-hydroxylation sites is 2. The lowest BCUT2D eigenvalue weighted by atomic mass is 9.88. The standard InChI is InChI=1S/C41H47FN6O3/c1-4-26-9-8-18-47(24-26)40(49)30-21-34-38(36(23-30)51-3)45(2)39(43-34)35-22-29-10-7-11-31(37(29)48(35)25-27-14-15-27)28-16-19-46(20-17-28)41(50)44-33-13-6-5-12-32(33)42/h5-7,10-13,21-23,26-28H,4,8-9,14-20,24-25H2,1-3H3,(H,44,50)/t26-/m1/s1. The number of urea groups is 1. The summed E-state index contributed by atoms with van der Waals surface area (Å²) in [5, 5.41) is 3.92. The van der Waals surface area contributed by atoms with Crippen molar-refractivity contribution in [1.29, 1.82) is 0 Å². The maximum atomic E-state index is 14.2. The number of nitrogens with zero attached hydrogens (tertiary/aromatic N) is 5. The molecule has 1 N–H and O–H groups in total. The van der Waals surface area contributed by atoms with E-state index < -0.39 is 5.82 Å². The molecular weight excluding hydrogens is 643 g/mol. The summed E-state index contributed by atoms with van der Waals surface area (Å²) in [7, 11) is 3.70. The van der Waals surface area contributed by atoms with E-state index in [0.717, 1.165) is 67.9 Å². The van der Waals surface area contributed by atoms with Gasteiger partial charge in [0.1, 0.15) is 17.1 Å². The highest BCUT2D eigenvalue weighted by atomic mass is 19.1. The summed E-state index contributed by atoms with van der Waals surface area (Å²) in [6, 6.07) is 18.7. The number of carbonyl (C=O) groups is 2. The number of piperidine rings is 2. The van der Waals surface area contributed by atoms with E-state index in [2.05, 4.69) is 45.6 Å². The first kappa shape index (κ1) is 33.3. The third kappa shape index (κ3) is 6.34. The molecule has 10 heteroatoms. The van der Waals surface area contributed by atoms with Crippen LogP contribution in [0.4, 0.5) is 14.9 Å². The Morgan fingerprint density at radius 2 is 1.73 bits per heavy atom. The van der Waals surface area contributed by atoms with Crippen molar-refractivity contribution in [1.82, 2.24) is 23.9 Å². The van der Waals surface area contributed by atoms with Crippen molar-refractivity contribution in [3.05, 3.63) is 77.6 Å². The minimum Gasteiger partial charge on any atom is -0.494 e. The number of amides is 3. The Labute approximate surface area is 298 Å². The van der Waals surface area contributed by atoms with Crippen LogP contribution in [0.15, 0.2) is 60.7 Å². The number of likely N-dealkylation sites (tertiary alicyclic amines) is 2. The fraction of sp³-hybridized carbons (Fsp3) is 0.439. The van der Waals surface area contributed by atoms with Crippen LogP contribution in [0.2, 0.25) is 0 Å². The number of aromatic nitrogens is 3. The third-order valence-corrected chi connectivity index (χ3v) is 11.4. The van der Waals surface area contributed by atoms with Crippen LogP contribution in [0.25, 0.3) is 33.5 Å². The Kier molecular flexibility index (Phi) is 8.94. The van der Waals surface area contributed by atoms with Crippen molar-refractivity contribution in [2.45, 2.75) is 64.3 Å². The molecule has 9 nitrogen and oxygen atoms in total. The lowest BCUT2D eigenvalue weighted by Crippen LogP contribution is -2.40. The van der Waals surface area contributed by atoms with Gasteiger partial charge in [-0.3, -0.25) is 4.79 Å². The number of imidazole rings is 1. The lowest BCUT2D eigenvalue weighted by Gasteiger charge is -2.32. The smallest absolute Gasteiger partial charge is 0.321 e. The summed E-state index contributed by atoms with van der Waals surface area (Å²) in [6.07, 6.45) is 7.38. The molecule has 266 valence electrons. The summed E-state index contributed by atoms with van der Waals surface area (Å²) in [4.78, 5) is 35.8. The molecule has 5 aromatic rings. The highest BCUT2D eigenvalue weighted by Crippen LogP contribution is 2.41. The van der Waals surface area contributed by atoms with Crippen LogP contribution in [0.3, 0.4) is 0 Å². The molecule has 0 bridgehead atoms. The van der Waals surface area contributed by atoms with Crippen LogP contribution < -0.4 is 10.1 Å². The van der Waals surface area contributed by atoms with Gasteiger partial charge in [-0.25, -0.2) is 14.2 Å². The maximum absolute atomic E-state index is 14.2. The number of hydrogen-bond acceptors (Lipinski definition) is 4. The van der Waals surface area contributed by atoms with Crippen molar-refractivity contribution in [3.8, 4) is 17.3 Å². The minimum absolute atomic E-state index is 0.0452. The van der Waals surface area contributed by atoms with E-state index in [9.17, 15) is 14.0 Å².